The van der Waals surface area contributed by atoms with Gasteiger partial charge in [0.15, 0.2) is 11.3 Å². The summed E-state index contributed by atoms with van der Waals surface area (Å²) in [5.74, 6) is -1.02. The summed E-state index contributed by atoms with van der Waals surface area (Å²) in [6.45, 7) is 7.23. The fourth-order valence-corrected chi connectivity index (χ4v) is 4.82. The van der Waals surface area contributed by atoms with Gasteiger partial charge in [-0.25, -0.2) is 14.5 Å². The third kappa shape index (κ3) is 3.84. The first-order valence-corrected chi connectivity index (χ1v) is 11.3. The molecule has 0 unspecified atom stereocenters. The van der Waals surface area contributed by atoms with E-state index in [9.17, 15) is 9.90 Å². The highest BCUT2D eigenvalue weighted by atomic mass is 16.5. The van der Waals surface area contributed by atoms with Gasteiger partial charge in [0.1, 0.15) is 0 Å². The molecule has 32 heavy (non-hydrogen) atoms. The van der Waals surface area contributed by atoms with Gasteiger partial charge in [0.05, 0.1) is 24.9 Å². The molecule has 0 bridgehead atoms. The Kier molecular flexibility index (Phi) is 5.57. The van der Waals surface area contributed by atoms with Crippen LogP contribution in [-0.2, 0) is 4.74 Å². The zero-order chi connectivity index (χ0) is 22.2. The molecule has 2 aromatic heterocycles. The van der Waals surface area contributed by atoms with Crippen molar-refractivity contribution in [2.75, 3.05) is 51.3 Å². The molecule has 3 aromatic rings. The second kappa shape index (κ2) is 8.52. The van der Waals surface area contributed by atoms with Gasteiger partial charge in [-0.1, -0.05) is 12.1 Å². The van der Waals surface area contributed by atoms with Crippen LogP contribution in [0.25, 0.3) is 22.2 Å². The molecular formula is C24H29N5O3. The average Bonchev–Trinajstić information content (AvgIpc) is 3.16. The van der Waals surface area contributed by atoms with E-state index < -0.39 is 5.97 Å². The zero-order valence-corrected chi connectivity index (χ0v) is 18.6. The third-order valence-corrected chi connectivity index (χ3v) is 6.64. The summed E-state index contributed by atoms with van der Waals surface area (Å²) in [7, 11) is 2.13. The second-order valence-corrected chi connectivity index (χ2v) is 8.77. The molecule has 1 aromatic carbocycles. The first-order valence-electron chi connectivity index (χ1n) is 11.3. The number of likely N-dealkylation sites (tertiary alicyclic amines) is 1. The van der Waals surface area contributed by atoms with Gasteiger partial charge < -0.3 is 19.6 Å². The Morgan fingerprint density at radius 2 is 1.78 bits per heavy atom. The number of piperidine rings is 1. The highest BCUT2D eigenvalue weighted by molar-refractivity contribution is 5.99. The van der Waals surface area contributed by atoms with Crippen LogP contribution < -0.4 is 4.90 Å². The van der Waals surface area contributed by atoms with Crippen molar-refractivity contribution in [2.45, 2.75) is 25.8 Å². The van der Waals surface area contributed by atoms with Crippen molar-refractivity contribution >= 4 is 22.7 Å². The SMILES string of the molecule is Cc1nn(C2CCN(C)CC2)c2nc(C(=O)O)cc(-c3ccc(N4CCOCC4)cc3)c12. The van der Waals surface area contributed by atoms with Crippen LogP contribution in [0.4, 0.5) is 5.69 Å². The van der Waals surface area contributed by atoms with Crippen molar-refractivity contribution < 1.29 is 14.6 Å². The van der Waals surface area contributed by atoms with Crippen LogP contribution in [0.5, 0.6) is 0 Å². The van der Waals surface area contributed by atoms with Crippen LogP contribution in [0.15, 0.2) is 30.3 Å². The van der Waals surface area contributed by atoms with Gasteiger partial charge in [-0.2, -0.15) is 5.10 Å². The number of fused-ring (bicyclic) bond motifs is 1. The molecule has 5 rings (SSSR count). The number of aromatic nitrogens is 3. The van der Waals surface area contributed by atoms with E-state index in [1.165, 1.54) is 0 Å². The standard InChI is InChI=1S/C24H29N5O3/c1-16-22-20(17-3-5-18(6-4-17)28-11-13-32-14-12-28)15-21(24(30)31)25-23(22)29(26-16)19-7-9-27(2)10-8-19/h3-6,15,19H,7-14H2,1-2H3,(H,30,31). The highest BCUT2D eigenvalue weighted by Gasteiger charge is 2.25. The van der Waals surface area contributed by atoms with Crippen molar-refractivity contribution in [3.05, 3.63) is 41.7 Å². The largest absolute Gasteiger partial charge is 0.477 e. The van der Waals surface area contributed by atoms with Crippen LogP contribution in [0.2, 0.25) is 0 Å². The number of nitrogens with zero attached hydrogens (tertiary/aromatic N) is 5. The normalized spacial score (nSPS) is 18.4. The predicted octanol–water partition coefficient (Wildman–Crippen LogP) is 3.21. The van der Waals surface area contributed by atoms with Gasteiger partial charge in [0, 0.05) is 24.2 Å². The lowest BCUT2D eigenvalue weighted by atomic mass is 10.00. The molecule has 8 nitrogen and oxygen atoms in total. The van der Waals surface area contributed by atoms with Crippen molar-refractivity contribution in [3.8, 4) is 11.1 Å². The number of aromatic carboxylic acids is 1. The Balaban J connectivity index is 1.58. The minimum absolute atomic E-state index is 0.0545. The van der Waals surface area contributed by atoms with E-state index in [2.05, 4.69) is 46.1 Å². The van der Waals surface area contributed by atoms with Crippen LogP contribution in [0.3, 0.4) is 0 Å². The average molecular weight is 436 g/mol. The summed E-state index contributed by atoms with van der Waals surface area (Å²) in [5.41, 5.74) is 4.61. The third-order valence-electron chi connectivity index (χ3n) is 6.64. The fraction of sp³-hybridized carbons (Fsp3) is 0.458. The Morgan fingerprint density at radius 3 is 2.44 bits per heavy atom. The molecule has 2 aliphatic rings. The molecule has 1 N–H and O–H groups in total. The van der Waals surface area contributed by atoms with Crippen LogP contribution in [0.1, 0.15) is 35.1 Å². The zero-order valence-electron chi connectivity index (χ0n) is 18.6. The number of hydrogen-bond acceptors (Lipinski definition) is 6. The van der Waals surface area contributed by atoms with E-state index >= 15 is 0 Å². The number of carbonyl (C=O) groups is 1. The summed E-state index contributed by atoms with van der Waals surface area (Å²) < 4.78 is 7.42. The highest BCUT2D eigenvalue weighted by Crippen LogP contribution is 2.35. The molecule has 0 amide bonds. The minimum Gasteiger partial charge on any atom is -0.477 e. The van der Waals surface area contributed by atoms with E-state index in [1.54, 1.807) is 6.07 Å². The maximum atomic E-state index is 11.9. The lowest BCUT2D eigenvalue weighted by molar-refractivity contribution is 0.0691. The number of carboxylic acids is 1. The Hall–Kier alpha value is -2.97. The minimum atomic E-state index is -1.02. The quantitative estimate of drug-likeness (QED) is 0.674. The Bertz CT molecular complexity index is 1130. The number of benzene rings is 1. The summed E-state index contributed by atoms with van der Waals surface area (Å²) >= 11 is 0. The summed E-state index contributed by atoms with van der Waals surface area (Å²) in [4.78, 5) is 21.1. The van der Waals surface area contributed by atoms with Crippen LogP contribution >= 0.6 is 0 Å². The van der Waals surface area contributed by atoms with Gasteiger partial charge in [0.25, 0.3) is 0 Å². The van der Waals surface area contributed by atoms with Crippen LogP contribution in [0, 0.1) is 6.92 Å². The number of pyridine rings is 1. The lowest BCUT2D eigenvalue weighted by Gasteiger charge is -2.29. The summed E-state index contributed by atoms with van der Waals surface area (Å²) in [6.07, 6.45) is 1.96. The number of morpholine rings is 1. The fourth-order valence-electron chi connectivity index (χ4n) is 4.82. The number of hydrogen-bond donors (Lipinski definition) is 1. The lowest BCUT2D eigenvalue weighted by Crippen LogP contribution is -2.36. The molecule has 168 valence electrons. The van der Waals surface area contributed by atoms with Crippen molar-refractivity contribution in [1.82, 2.24) is 19.7 Å². The molecular weight excluding hydrogens is 406 g/mol. The van der Waals surface area contributed by atoms with Crippen molar-refractivity contribution in [1.29, 1.82) is 0 Å². The molecule has 2 fully saturated rings. The Morgan fingerprint density at radius 1 is 1.09 bits per heavy atom. The maximum absolute atomic E-state index is 11.9. The molecule has 0 saturated carbocycles. The first-order chi connectivity index (χ1) is 15.5. The van der Waals surface area contributed by atoms with E-state index in [0.29, 0.717) is 5.65 Å². The second-order valence-electron chi connectivity index (χ2n) is 8.77. The van der Waals surface area contributed by atoms with Crippen LogP contribution in [-0.4, -0.2) is 77.2 Å². The number of rotatable bonds is 4. The number of carboxylic acid groups (broad SMARTS) is 1. The van der Waals surface area contributed by atoms with Gasteiger partial charge >= 0.3 is 5.97 Å². The number of ether oxygens (including phenoxy) is 1. The topological polar surface area (TPSA) is 83.7 Å². The predicted molar refractivity (Wildman–Crippen MR) is 123 cm³/mol. The first kappa shape index (κ1) is 20.9. The molecule has 0 aliphatic carbocycles. The monoisotopic (exact) mass is 435 g/mol. The Labute approximate surface area is 187 Å². The summed E-state index contributed by atoms with van der Waals surface area (Å²) in [5, 5.41) is 15.5. The number of anilines is 1. The summed E-state index contributed by atoms with van der Waals surface area (Å²) in [6, 6.07) is 10.3. The van der Waals surface area contributed by atoms with E-state index in [-0.39, 0.29) is 11.7 Å². The van der Waals surface area contributed by atoms with Gasteiger partial charge in [0.2, 0.25) is 0 Å². The maximum Gasteiger partial charge on any atom is 0.354 e. The van der Waals surface area contributed by atoms with Gasteiger partial charge in [-0.3, -0.25) is 0 Å². The van der Waals surface area contributed by atoms with E-state index in [1.807, 2.05) is 11.6 Å². The number of aryl methyl sites for hydroxylation is 1. The smallest absolute Gasteiger partial charge is 0.354 e. The van der Waals surface area contributed by atoms with E-state index in [4.69, 9.17) is 9.84 Å². The van der Waals surface area contributed by atoms with Crippen molar-refractivity contribution in [3.63, 3.8) is 0 Å². The molecule has 0 radical (unpaired) electrons. The van der Waals surface area contributed by atoms with Gasteiger partial charge in [-0.15, -0.1) is 0 Å². The molecule has 8 heteroatoms. The van der Waals surface area contributed by atoms with Crippen molar-refractivity contribution in [2.24, 2.45) is 0 Å². The molecule has 2 aliphatic heterocycles. The van der Waals surface area contributed by atoms with E-state index in [0.717, 1.165) is 80.1 Å². The molecule has 2 saturated heterocycles. The van der Waals surface area contributed by atoms with Gasteiger partial charge in [-0.05, 0) is 69.2 Å². The molecule has 4 heterocycles. The molecule has 0 atom stereocenters. The molecule has 0 spiro atoms.